The predicted octanol–water partition coefficient (Wildman–Crippen LogP) is 5.49. The van der Waals surface area contributed by atoms with Gasteiger partial charge in [0.1, 0.15) is 0 Å². The number of rotatable bonds is 2. The molecule has 88 valence electrons. The van der Waals surface area contributed by atoms with Crippen molar-refractivity contribution in [3.05, 3.63) is 50.9 Å². The maximum atomic E-state index is 5.97. The Hall–Kier alpha value is -0.350. The van der Waals surface area contributed by atoms with E-state index in [0.717, 1.165) is 14.3 Å². The summed E-state index contributed by atoms with van der Waals surface area (Å²) in [5.41, 5.74) is 6.53. The molecular formula is C12H8BrCl2NS. The highest BCUT2D eigenvalue weighted by Gasteiger charge is 2.07. The van der Waals surface area contributed by atoms with Gasteiger partial charge in [0.25, 0.3) is 0 Å². The fourth-order valence-corrected chi connectivity index (χ4v) is 3.18. The van der Waals surface area contributed by atoms with Crippen LogP contribution < -0.4 is 5.73 Å². The van der Waals surface area contributed by atoms with Crippen LogP contribution in [0.4, 0.5) is 5.69 Å². The minimum atomic E-state index is 0.475. The zero-order valence-electron chi connectivity index (χ0n) is 8.58. The summed E-state index contributed by atoms with van der Waals surface area (Å²) in [5.74, 6) is 0. The molecule has 0 spiro atoms. The third-order valence-corrected chi connectivity index (χ3v) is 4.36. The molecule has 1 nitrogen and oxygen atoms in total. The maximum absolute atomic E-state index is 5.97. The van der Waals surface area contributed by atoms with E-state index in [9.17, 15) is 0 Å². The normalized spacial score (nSPS) is 10.5. The summed E-state index contributed by atoms with van der Waals surface area (Å²) in [6.45, 7) is 0. The van der Waals surface area contributed by atoms with E-state index in [1.807, 2.05) is 24.3 Å². The van der Waals surface area contributed by atoms with Crippen LogP contribution >= 0.6 is 50.9 Å². The van der Waals surface area contributed by atoms with Gasteiger partial charge in [0, 0.05) is 20.0 Å². The molecule has 0 atom stereocenters. The topological polar surface area (TPSA) is 26.0 Å². The zero-order chi connectivity index (χ0) is 12.4. The molecule has 0 heterocycles. The Morgan fingerprint density at radius 1 is 1.06 bits per heavy atom. The molecule has 0 saturated carbocycles. The minimum Gasteiger partial charge on any atom is -0.398 e. The van der Waals surface area contributed by atoms with Crippen molar-refractivity contribution in [3.8, 4) is 0 Å². The van der Waals surface area contributed by atoms with Crippen molar-refractivity contribution in [2.45, 2.75) is 9.79 Å². The Morgan fingerprint density at radius 3 is 2.47 bits per heavy atom. The lowest BCUT2D eigenvalue weighted by Crippen LogP contribution is -1.88. The van der Waals surface area contributed by atoms with Crippen molar-refractivity contribution in [3.63, 3.8) is 0 Å². The van der Waals surface area contributed by atoms with E-state index in [4.69, 9.17) is 28.9 Å². The molecule has 0 aliphatic carbocycles. The van der Waals surface area contributed by atoms with Gasteiger partial charge in [-0.3, -0.25) is 0 Å². The summed E-state index contributed by atoms with van der Waals surface area (Å²) in [4.78, 5) is 1.99. The summed E-state index contributed by atoms with van der Waals surface area (Å²) in [5, 5.41) is 0.987. The lowest BCUT2D eigenvalue weighted by Gasteiger charge is -2.07. The molecule has 0 aliphatic heterocycles. The van der Waals surface area contributed by atoms with E-state index in [1.54, 1.807) is 23.9 Å². The van der Waals surface area contributed by atoms with Gasteiger partial charge < -0.3 is 5.73 Å². The molecule has 2 aromatic carbocycles. The van der Waals surface area contributed by atoms with Crippen LogP contribution in [0.1, 0.15) is 0 Å². The van der Waals surface area contributed by atoms with E-state index < -0.39 is 0 Å². The predicted molar refractivity (Wildman–Crippen MR) is 79.1 cm³/mol. The summed E-state index contributed by atoms with van der Waals surface area (Å²) >= 11 is 16.8. The average Bonchev–Trinajstić information content (AvgIpc) is 2.26. The summed E-state index contributed by atoms with van der Waals surface area (Å²) in [7, 11) is 0. The first kappa shape index (κ1) is 13.1. The first-order valence-electron chi connectivity index (χ1n) is 4.74. The fourth-order valence-electron chi connectivity index (χ4n) is 1.29. The first-order chi connectivity index (χ1) is 8.06. The van der Waals surface area contributed by atoms with Crippen LogP contribution in [0.3, 0.4) is 0 Å². The number of benzene rings is 2. The average molecular weight is 349 g/mol. The smallest absolute Gasteiger partial charge is 0.0613 e. The van der Waals surface area contributed by atoms with Crippen LogP contribution in [0, 0.1) is 0 Å². The Bertz CT molecular complexity index is 560. The summed E-state index contributed by atoms with van der Waals surface area (Å²) < 4.78 is 1.03. The molecule has 0 bridgehead atoms. The number of halogens is 3. The second-order valence-corrected chi connectivity index (χ2v) is 6.21. The van der Waals surface area contributed by atoms with E-state index in [-0.39, 0.29) is 0 Å². The molecule has 0 aromatic heterocycles. The van der Waals surface area contributed by atoms with Crippen molar-refractivity contribution in [2.75, 3.05) is 5.73 Å². The van der Waals surface area contributed by atoms with E-state index >= 15 is 0 Å². The number of anilines is 1. The number of hydrogen-bond acceptors (Lipinski definition) is 2. The van der Waals surface area contributed by atoms with Crippen molar-refractivity contribution in [1.82, 2.24) is 0 Å². The molecule has 0 radical (unpaired) electrons. The highest BCUT2D eigenvalue weighted by Crippen LogP contribution is 2.37. The number of hydrogen-bond donors (Lipinski definition) is 1. The molecule has 0 aliphatic rings. The molecule has 2 aromatic rings. The van der Waals surface area contributed by atoms with Crippen molar-refractivity contribution in [1.29, 1.82) is 0 Å². The molecule has 0 amide bonds. The van der Waals surface area contributed by atoms with Crippen LogP contribution in [-0.4, -0.2) is 0 Å². The third-order valence-electron chi connectivity index (χ3n) is 2.08. The highest BCUT2D eigenvalue weighted by molar-refractivity contribution is 9.10. The largest absolute Gasteiger partial charge is 0.398 e. The van der Waals surface area contributed by atoms with Crippen molar-refractivity contribution < 1.29 is 0 Å². The van der Waals surface area contributed by atoms with E-state index in [2.05, 4.69) is 15.9 Å². The van der Waals surface area contributed by atoms with Crippen LogP contribution in [0.2, 0.25) is 10.0 Å². The molecule has 2 N–H and O–H groups in total. The van der Waals surface area contributed by atoms with Gasteiger partial charge in [-0.1, -0.05) is 57.0 Å². The third kappa shape index (κ3) is 3.32. The van der Waals surface area contributed by atoms with E-state index in [1.165, 1.54) is 0 Å². The summed E-state index contributed by atoms with van der Waals surface area (Å²) in [6.07, 6.45) is 0. The second kappa shape index (κ2) is 5.53. The van der Waals surface area contributed by atoms with Gasteiger partial charge in [-0.25, -0.2) is 0 Å². The van der Waals surface area contributed by atoms with Gasteiger partial charge in [-0.15, -0.1) is 0 Å². The molecule has 0 fully saturated rings. The van der Waals surface area contributed by atoms with Gasteiger partial charge in [-0.05, 0) is 30.3 Å². The standard InChI is InChI=1S/C12H8BrCl2NS/c13-7-2-1-3-8(4-7)17-12-6-10(15)9(14)5-11(12)16/h1-6H,16H2. The minimum absolute atomic E-state index is 0.475. The molecular weight excluding hydrogens is 341 g/mol. The molecule has 17 heavy (non-hydrogen) atoms. The Kier molecular flexibility index (Phi) is 4.26. The Balaban J connectivity index is 2.33. The monoisotopic (exact) mass is 347 g/mol. The van der Waals surface area contributed by atoms with Crippen molar-refractivity contribution in [2.24, 2.45) is 0 Å². The first-order valence-corrected chi connectivity index (χ1v) is 7.11. The quantitative estimate of drug-likeness (QED) is 0.726. The van der Waals surface area contributed by atoms with Crippen LogP contribution in [0.25, 0.3) is 0 Å². The van der Waals surface area contributed by atoms with Crippen LogP contribution in [-0.2, 0) is 0 Å². The summed E-state index contributed by atoms with van der Waals surface area (Å²) in [6, 6.07) is 11.4. The lowest BCUT2D eigenvalue weighted by atomic mass is 10.3. The van der Waals surface area contributed by atoms with Gasteiger partial charge in [0.05, 0.1) is 10.0 Å². The molecule has 5 heteroatoms. The maximum Gasteiger partial charge on any atom is 0.0613 e. The molecule has 0 unspecified atom stereocenters. The second-order valence-electron chi connectivity index (χ2n) is 3.36. The zero-order valence-corrected chi connectivity index (χ0v) is 12.5. The number of nitrogen functional groups attached to an aromatic ring is 1. The number of nitrogens with two attached hydrogens (primary N) is 1. The van der Waals surface area contributed by atoms with E-state index in [0.29, 0.717) is 15.7 Å². The molecule has 2 rings (SSSR count). The van der Waals surface area contributed by atoms with Gasteiger partial charge >= 0.3 is 0 Å². The molecule has 0 saturated heterocycles. The van der Waals surface area contributed by atoms with Crippen LogP contribution in [0.15, 0.2) is 50.7 Å². The highest BCUT2D eigenvalue weighted by atomic mass is 79.9. The van der Waals surface area contributed by atoms with Crippen molar-refractivity contribution >= 4 is 56.6 Å². The lowest BCUT2D eigenvalue weighted by molar-refractivity contribution is 1.39. The SMILES string of the molecule is Nc1cc(Cl)c(Cl)cc1Sc1cccc(Br)c1. The Labute approximate surface area is 122 Å². The van der Waals surface area contributed by atoms with Gasteiger partial charge in [-0.2, -0.15) is 0 Å². The van der Waals surface area contributed by atoms with Crippen LogP contribution in [0.5, 0.6) is 0 Å². The van der Waals surface area contributed by atoms with Gasteiger partial charge in [0.2, 0.25) is 0 Å². The fraction of sp³-hybridized carbons (Fsp3) is 0. The Morgan fingerprint density at radius 2 is 1.76 bits per heavy atom. The van der Waals surface area contributed by atoms with Gasteiger partial charge in [0.15, 0.2) is 0 Å².